The first kappa shape index (κ1) is 15.7. The van der Waals surface area contributed by atoms with Crippen molar-refractivity contribution in [2.75, 3.05) is 19.6 Å². The summed E-state index contributed by atoms with van der Waals surface area (Å²) in [5.41, 5.74) is 4.97. The molecule has 1 saturated heterocycles. The van der Waals surface area contributed by atoms with Crippen LogP contribution in [0.3, 0.4) is 0 Å². The zero-order chi connectivity index (χ0) is 15.0. The molecule has 0 aromatic heterocycles. The molecular weight excluding hydrogens is 256 g/mol. The molecule has 0 bridgehead atoms. The molecule has 2 aliphatic rings. The average Bonchev–Trinajstić information content (AvgIpc) is 2.67. The number of carboxylic acids is 1. The Balaban J connectivity index is 1.90. The van der Waals surface area contributed by atoms with E-state index in [1.165, 1.54) is 0 Å². The largest absolute Gasteiger partial charge is 0.480 e. The Labute approximate surface area is 121 Å². The van der Waals surface area contributed by atoms with E-state index in [4.69, 9.17) is 10.5 Å². The van der Waals surface area contributed by atoms with Gasteiger partial charge in [0.15, 0.2) is 0 Å². The van der Waals surface area contributed by atoms with Gasteiger partial charge in [-0.15, -0.1) is 0 Å². The number of ether oxygens (including phenoxy) is 1. The molecule has 1 heterocycles. The lowest BCUT2D eigenvalue weighted by Crippen LogP contribution is -2.54. The van der Waals surface area contributed by atoms with E-state index in [0.29, 0.717) is 6.42 Å². The van der Waals surface area contributed by atoms with E-state index in [0.717, 1.165) is 38.9 Å². The van der Waals surface area contributed by atoms with Crippen molar-refractivity contribution in [1.82, 2.24) is 4.90 Å². The van der Waals surface area contributed by atoms with Crippen LogP contribution in [0.4, 0.5) is 0 Å². The fourth-order valence-corrected chi connectivity index (χ4v) is 3.88. The van der Waals surface area contributed by atoms with Crippen molar-refractivity contribution in [3.8, 4) is 0 Å². The first-order valence-electron chi connectivity index (χ1n) is 7.65. The van der Waals surface area contributed by atoms with Crippen LogP contribution in [0.5, 0.6) is 0 Å². The average molecular weight is 284 g/mol. The first-order valence-corrected chi connectivity index (χ1v) is 7.65. The van der Waals surface area contributed by atoms with Crippen LogP contribution in [0.15, 0.2) is 0 Å². The summed E-state index contributed by atoms with van der Waals surface area (Å²) < 4.78 is 5.89. The molecule has 0 amide bonds. The number of aliphatic carboxylic acids is 1. The van der Waals surface area contributed by atoms with Gasteiger partial charge in [-0.05, 0) is 52.5 Å². The monoisotopic (exact) mass is 284 g/mol. The normalized spacial score (nSPS) is 38.0. The lowest BCUT2D eigenvalue weighted by atomic mass is 9.85. The van der Waals surface area contributed by atoms with E-state index in [1.807, 2.05) is 0 Å². The number of hydrogen-bond acceptors (Lipinski definition) is 4. The third-order valence-electron chi connectivity index (χ3n) is 4.70. The van der Waals surface area contributed by atoms with Gasteiger partial charge in [-0.3, -0.25) is 9.69 Å². The third-order valence-corrected chi connectivity index (χ3v) is 4.70. The van der Waals surface area contributed by atoms with Gasteiger partial charge in [0.05, 0.1) is 11.7 Å². The van der Waals surface area contributed by atoms with Crippen molar-refractivity contribution in [2.24, 2.45) is 11.7 Å². The smallest absolute Gasteiger partial charge is 0.323 e. The zero-order valence-corrected chi connectivity index (χ0v) is 12.9. The molecule has 3 unspecified atom stereocenters. The molecule has 5 heteroatoms. The maximum Gasteiger partial charge on any atom is 0.323 e. The fraction of sp³-hybridized carbons (Fsp3) is 0.933. The Morgan fingerprint density at radius 1 is 1.50 bits per heavy atom. The molecule has 116 valence electrons. The van der Waals surface area contributed by atoms with Gasteiger partial charge in [-0.2, -0.15) is 0 Å². The highest BCUT2D eigenvalue weighted by atomic mass is 16.5. The molecular formula is C15H28N2O3. The minimum absolute atomic E-state index is 0.0984. The molecule has 20 heavy (non-hydrogen) atoms. The lowest BCUT2D eigenvalue weighted by molar-refractivity contribution is -0.145. The Morgan fingerprint density at radius 3 is 2.80 bits per heavy atom. The second-order valence-electron chi connectivity index (χ2n) is 7.15. The highest BCUT2D eigenvalue weighted by molar-refractivity contribution is 5.79. The second-order valence-corrected chi connectivity index (χ2v) is 7.15. The van der Waals surface area contributed by atoms with E-state index in [-0.39, 0.29) is 17.6 Å². The summed E-state index contributed by atoms with van der Waals surface area (Å²) in [5.74, 6) is -0.739. The van der Waals surface area contributed by atoms with Crippen LogP contribution in [-0.4, -0.2) is 52.9 Å². The Bertz CT molecular complexity index is 372. The molecule has 1 saturated carbocycles. The third kappa shape index (κ3) is 3.32. The quantitative estimate of drug-likeness (QED) is 0.817. The summed E-state index contributed by atoms with van der Waals surface area (Å²) in [6.07, 6.45) is 3.57. The predicted octanol–water partition coefficient (Wildman–Crippen LogP) is 1.46. The lowest BCUT2D eigenvalue weighted by Gasteiger charge is -2.42. The van der Waals surface area contributed by atoms with Gasteiger partial charge in [0.25, 0.3) is 0 Å². The number of rotatable bonds is 4. The van der Waals surface area contributed by atoms with Gasteiger partial charge < -0.3 is 15.6 Å². The van der Waals surface area contributed by atoms with Crippen LogP contribution >= 0.6 is 0 Å². The summed E-state index contributed by atoms with van der Waals surface area (Å²) in [7, 11) is 0. The maximum absolute atomic E-state index is 11.4. The van der Waals surface area contributed by atoms with Crippen LogP contribution < -0.4 is 5.73 Å². The van der Waals surface area contributed by atoms with Crippen LogP contribution in [-0.2, 0) is 9.53 Å². The predicted molar refractivity (Wildman–Crippen MR) is 77.6 cm³/mol. The minimum Gasteiger partial charge on any atom is -0.480 e. The fourth-order valence-electron chi connectivity index (χ4n) is 3.88. The molecule has 0 radical (unpaired) electrons. The van der Waals surface area contributed by atoms with Crippen molar-refractivity contribution in [3.63, 3.8) is 0 Å². The van der Waals surface area contributed by atoms with Crippen molar-refractivity contribution in [1.29, 1.82) is 0 Å². The van der Waals surface area contributed by atoms with Crippen LogP contribution in [0.25, 0.3) is 0 Å². The Morgan fingerprint density at radius 2 is 2.20 bits per heavy atom. The highest BCUT2D eigenvalue weighted by Crippen LogP contribution is 2.36. The number of nitrogens with two attached hydrogens (primary N) is 1. The van der Waals surface area contributed by atoms with E-state index < -0.39 is 11.5 Å². The topological polar surface area (TPSA) is 75.8 Å². The van der Waals surface area contributed by atoms with E-state index in [2.05, 4.69) is 25.7 Å². The Kier molecular flexibility index (Phi) is 4.42. The van der Waals surface area contributed by atoms with Crippen LogP contribution in [0.2, 0.25) is 0 Å². The molecule has 0 aromatic carbocycles. The van der Waals surface area contributed by atoms with E-state index >= 15 is 0 Å². The number of hydrogen-bond donors (Lipinski definition) is 2. The van der Waals surface area contributed by atoms with E-state index in [1.54, 1.807) is 0 Å². The van der Waals surface area contributed by atoms with E-state index in [9.17, 15) is 9.90 Å². The van der Waals surface area contributed by atoms with Crippen molar-refractivity contribution < 1.29 is 14.6 Å². The molecule has 1 aliphatic heterocycles. The molecule has 5 nitrogen and oxygen atoms in total. The van der Waals surface area contributed by atoms with Crippen molar-refractivity contribution >= 4 is 5.97 Å². The summed E-state index contributed by atoms with van der Waals surface area (Å²) in [6, 6.07) is 0. The molecule has 1 aliphatic carbocycles. The van der Waals surface area contributed by atoms with Gasteiger partial charge in [0.2, 0.25) is 0 Å². The zero-order valence-electron chi connectivity index (χ0n) is 12.9. The van der Waals surface area contributed by atoms with Gasteiger partial charge >= 0.3 is 5.97 Å². The summed E-state index contributed by atoms with van der Waals surface area (Å²) in [4.78, 5) is 13.8. The van der Waals surface area contributed by atoms with Gasteiger partial charge in [-0.25, -0.2) is 0 Å². The molecule has 2 rings (SSSR count). The number of carbonyl (C=O) groups is 1. The molecule has 3 N–H and O–H groups in total. The number of carboxylic acid groups (broad SMARTS) is 1. The minimum atomic E-state index is -1.01. The highest BCUT2D eigenvalue weighted by Gasteiger charge is 2.45. The van der Waals surface area contributed by atoms with Crippen molar-refractivity contribution in [2.45, 2.75) is 63.7 Å². The maximum atomic E-state index is 11.4. The molecule has 0 aromatic rings. The van der Waals surface area contributed by atoms with Crippen molar-refractivity contribution in [3.05, 3.63) is 0 Å². The Hall–Kier alpha value is -0.650. The molecule has 3 atom stereocenters. The van der Waals surface area contributed by atoms with Gasteiger partial charge in [-0.1, -0.05) is 6.42 Å². The summed E-state index contributed by atoms with van der Waals surface area (Å²) >= 11 is 0. The SMILES string of the molecule is CC1CN(CCC2CCCC2(N)C(=O)O)CC(C)(C)O1. The van der Waals surface area contributed by atoms with Gasteiger partial charge in [0.1, 0.15) is 5.54 Å². The summed E-state index contributed by atoms with van der Waals surface area (Å²) in [5, 5.41) is 9.35. The van der Waals surface area contributed by atoms with Crippen LogP contribution in [0, 0.1) is 5.92 Å². The first-order chi connectivity index (χ1) is 9.23. The molecule has 2 fully saturated rings. The summed E-state index contributed by atoms with van der Waals surface area (Å²) in [6.45, 7) is 9.03. The number of nitrogens with zero attached hydrogens (tertiary/aromatic N) is 1. The standard InChI is InChI=1S/C15H28N2O3/c1-11-9-17(10-14(2,3)20-11)8-6-12-5-4-7-15(12,16)13(18)19/h11-12H,4-10,16H2,1-3H3,(H,18,19). The number of morpholine rings is 1. The van der Waals surface area contributed by atoms with Crippen LogP contribution in [0.1, 0.15) is 46.5 Å². The van der Waals surface area contributed by atoms with Gasteiger partial charge in [0, 0.05) is 13.1 Å². The molecule has 0 spiro atoms. The second kappa shape index (κ2) is 5.62.